The number of nitrogens with zero attached hydrogens (tertiary/aromatic N) is 1. The highest BCUT2D eigenvalue weighted by Crippen LogP contribution is 2.37. The third-order valence-electron chi connectivity index (χ3n) is 1.79. The Morgan fingerprint density at radius 2 is 1.93 bits per heavy atom. The molecule has 0 atom stereocenters. The first-order valence-corrected chi connectivity index (χ1v) is 4.12. The van der Waals surface area contributed by atoms with E-state index in [2.05, 4.69) is 12.6 Å². The highest BCUT2D eigenvalue weighted by Gasteiger charge is 2.35. The van der Waals surface area contributed by atoms with Crippen LogP contribution in [-0.4, -0.2) is 0 Å². The topological polar surface area (TPSA) is 23.8 Å². The lowest BCUT2D eigenvalue weighted by atomic mass is 10.0. The van der Waals surface area contributed by atoms with Crippen molar-refractivity contribution in [3.63, 3.8) is 0 Å². The Labute approximate surface area is 84.6 Å². The number of thiol groups is 1. The molecule has 0 heterocycles. The monoisotopic (exact) mass is 217 g/mol. The Hall–Kier alpha value is -1.15. The van der Waals surface area contributed by atoms with Crippen LogP contribution in [0.25, 0.3) is 0 Å². The number of hydrogen-bond donors (Lipinski definition) is 1. The summed E-state index contributed by atoms with van der Waals surface area (Å²) >= 11 is 3.71. The molecule has 1 aromatic carbocycles. The summed E-state index contributed by atoms with van der Waals surface area (Å²) in [5.41, 5.74) is -0.826. The van der Waals surface area contributed by atoms with Crippen LogP contribution in [-0.2, 0) is 6.18 Å². The highest BCUT2D eigenvalue weighted by atomic mass is 32.1. The first-order chi connectivity index (χ1) is 6.38. The van der Waals surface area contributed by atoms with Gasteiger partial charge in [-0.2, -0.15) is 18.4 Å². The lowest BCUT2D eigenvalue weighted by Gasteiger charge is -2.13. The summed E-state index contributed by atoms with van der Waals surface area (Å²) in [5, 5.41) is 8.53. The van der Waals surface area contributed by atoms with E-state index in [1.165, 1.54) is 19.1 Å². The van der Waals surface area contributed by atoms with Crippen molar-refractivity contribution in [1.29, 1.82) is 5.26 Å². The summed E-state index contributed by atoms with van der Waals surface area (Å²) in [6, 6.07) is 4.25. The van der Waals surface area contributed by atoms with Crippen molar-refractivity contribution >= 4 is 12.6 Å². The zero-order valence-corrected chi connectivity index (χ0v) is 8.08. The van der Waals surface area contributed by atoms with Gasteiger partial charge in [0.15, 0.2) is 0 Å². The molecule has 14 heavy (non-hydrogen) atoms. The maximum absolute atomic E-state index is 12.5. The fourth-order valence-corrected chi connectivity index (χ4v) is 1.57. The average Bonchev–Trinajstić information content (AvgIpc) is 2.02. The normalized spacial score (nSPS) is 11.1. The standard InChI is InChI=1S/C9H6F3NS/c1-5-2-3-6(4-13)8(14)7(5)9(10,11)12/h2-3,14H,1H3. The molecule has 5 heteroatoms. The SMILES string of the molecule is Cc1ccc(C#N)c(S)c1C(F)(F)F. The molecule has 1 nitrogen and oxygen atoms in total. The van der Waals surface area contributed by atoms with E-state index >= 15 is 0 Å². The molecule has 0 N–H and O–H groups in total. The zero-order chi connectivity index (χ0) is 10.9. The molecule has 1 rings (SSSR count). The third-order valence-corrected chi connectivity index (χ3v) is 2.25. The molecule has 0 aliphatic rings. The summed E-state index contributed by atoms with van der Waals surface area (Å²) < 4.78 is 37.4. The van der Waals surface area contributed by atoms with Gasteiger partial charge in [0.05, 0.1) is 11.1 Å². The average molecular weight is 217 g/mol. The molecular weight excluding hydrogens is 211 g/mol. The van der Waals surface area contributed by atoms with Crippen molar-refractivity contribution in [1.82, 2.24) is 0 Å². The number of benzene rings is 1. The van der Waals surface area contributed by atoms with Crippen LogP contribution in [0.15, 0.2) is 17.0 Å². The summed E-state index contributed by atoms with van der Waals surface area (Å²) in [6.45, 7) is 1.34. The van der Waals surface area contributed by atoms with E-state index < -0.39 is 11.7 Å². The number of nitriles is 1. The van der Waals surface area contributed by atoms with Gasteiger partial charge in [-0.25, -0.2) is 0 Å². The summed E-state index contributed by atoms with van der Waals surface area (Å²) in [7, 11) is 0. The lowest BCUT2D eigenvalue weighted by molar-refractivity contribution is -0.140. The second-order valence-corrected chi connectivity index (χ2v) is 3.21. The number of alkyl halides is 3. The first kappa shape index (κ1) is 10.9. The summed E-state index contributed by atoms with van der Waals surface area (Å²) in [6.07, 6.45) is -4.46. The van der Waals surface area contributed by atoms with Crippen LogP contribution in [0.1, 0.15) is 16.7 Å². The van der Waals surface area contributed by atoms with Crippen molar-refractivity contribution in [2.45, 2.75) is 18.0 Å². The van der Waals surface area contributed by atoms with E-state index in [1.54, 1.807) is 6.07 Å². The molecule has 74 valence electrons. The van der Waals surface area contributed by atoms with Crippen LogP contribution in [0, 0.1) is 18.3 Å². The molecule has 0 spiro atoms. The van der Waals surface area contributed by atoms with Crippen molar-refractivity contribution in [2.24, 2.45) is 0 Å². The molecule has 0 bridgehead atoms. The van der Waals surface area contributed by atoms with Gasteiger partial charge in [-0.3, -0.25) is 0 Å². The van der Waals surface area contributed by atoms with Crippen molar-refractivity contribution in [2.75, 3.05) is 0 Å². The van der Waals surface area contributed by atoms with E-state index in [0.717, 1.165) is 0 Å². The van der Waals surface area contributed by atoms with Crippen LogP contribution in [0.4, 0.5) is 13.2 Å². The predicted molar refractivity (Wildman–Crippen MR) is 48.1 cm³/mol. The maximum atomic E-state index is 12.5. The molecule has 0 fully saturated rings. The fraction of sp³-hybridized carbons (Fsp3) is 0.222. The molecule has 1 aromatic rings. The van der Waals surface area contributed by atoms with E-state index in [0.29, 0.717) is 0 Å². The lowest BCUT2D eigenvalue weighted by Crippen LogP contribution is -2.09. The second-order valence-electron chi connectivity index (χ2n) is 2.76. The quantitative estimate of drug-likeness (QED) is 0.663. The number of aryl methyl sites for hydroxylation is 1. The second kappa shape index (κ2) is 3.54. The van der Waals surface area contributed by atoms with Gasteiger partial charge < -0.3 is 0 Å². The van der Waals surface area contributed by atoms with Gasteiger partial charge in [0.25, 0.3) is 0 Å². The molecule has 0 saturated carbocycles. The fourth-order valence-electron chi connectivity index (χ4n) is 1.14. The maximum Gasteiger partial charge on any atom is 0.417 e. The van der Waals surface area contributed by atoms with Crippen LogP contribution < -0.4 is 0 Å². The Kier molecular flexibility index (Phi) is 2.76. The third kappa shape index (κ3) is 1.85. The molecule has 0 radical (unpaired) electrons. The number of hydrogen-bond acceptors (Lipinski definition) is 2. The minimum Gasteiger partial charge on any atom is -0.192 e. The van der Waals surface area contributed by atoms with Gasteiger partial charge in [-0.05, 0) is 18.6 Å². The molecule has 0 unspecified atom stereocenters. The van der Waals surface area contributed by atoms with E-state index in [9.17, 15) is 13.2 Å². The van der Waals surface area contributed by atoms with Gasteiger partial charge in [-0.1, -0.05) is 6.07 Å². The van der Waals surface area contributed by atoms with E-state index in [4.69, 9.17) is 5.26 Å². The minimum atomic E-state index is -4.46. The van der Waals surface area contributed by atoms with Gasteiger partial charge in [0.1, 0.15) is 6.07 Å². The van der Waals surface area contributed by atoms with Crippen LogP contribution in [0.3, 0.4) is 0 Å². The smallest absolute Gasteiger partial charge is 0.192 e. The Morgan fingerprint density at radius 3 is 2.36 bits per heavy atom. The first-order valence-electron chi connectivity index (χ1n) is 3.67. The molecule has 0 aliphatic heterocycles. The van der Waals surface area contributed by atoms with Crippen molar-refractivity contribution in [3.05, 3.63) is 28.8 Å². The molecule has 0 amide bonds. The number of rotatable bonds is 0. The number of halogens is 3. The van der Waals surface area contributed by atoms with Crippen LogP contribution >= 0.6 is 12.6 Å². The van der Waals surface area contributed by atoms with Gasteiger partial charge in [0, 0.05) is 4.90 Å². The molecular formula is C9H6F3NS. The van der Waals surface area contributed by atoms with Gasteiger partial charge >= 0.3 is 6.18 Å². The minimum absolute atomic E-state index is 0.0636. The molecule has 0 saturated heterocycles. The molecule has 0 aromatic heterocycles. The Bertz CT molecular complexity index is 404. The van der Waals surface area contributed by atoms with E-state index in [-0.39, 0.29) is 16.0 Å². The van der Waals surface area contributed by atoms with Crippen molar-refractivity contribution in [3.8, 4) is 6.07 Å². The highest BCUT2D eigenvalue weighted by molar-refractivity contribution is 7.80. The largest absolute Gasteiger partial charge is 0.417 e. The van der Waals surface area contributed by atoms with Gasteiger partial charge in [-0.15, -0.1) is 12.6 Å². The van der Waals surface area contributed by atoms with Gasteiger partial charge in [0.2, 0.25) is 0 Å². The van der Waals surface area contributed by atoms with Crippen LogP contribution in [0.2, 0.25) is 0 Å². The summed E-state index contributed by atoms with van der Waals surface area (Å²) in [5.74, 6) is 0. The Morgan fingerprint density at radius 1 is 1.36 bits per heavy atom. The Balaban J connectivity index is 3.50. The van der Waals surface area contributed by atoms with Crippen molar-refractivity contribution < 1.29 is 13.2 Å². The van der Waals surface area contributed by atoms with E-state index in [1.807, 2.05) is 0 Å². The zero-order valence-electron chi connectivity index (χ0n) is 7.18. The molecule has 0 aliphatic carbocycles. The van der Waals surface area contributed by atoms with Crippen LogP contribution in [0.5, 0.6) is 0 Å². The summed E-state index contributed by atoms with van der Waals surface area (Å²) in [4.78, 5) is -0.306. The predicted octanol–water partition coefficient (Wildman–Crippen LogP) is 3.17.